The Kier molecular flexibility index (Phi) is 31.7. The van der Waals surface area contributed by atoms with E-state index in [1.807, 2.05) is 23.3 Å². The summed E-state index contributed by atoms with van der Waals surface area (Å²) in [5.74, 6) is 5.14. The molecule has 1 atom stereocenters. The van der Waals surface area contributed by atoms with Crippen LogP contribution in [0.15, 0.2) is 67.1 Å². The van der Waals surface area contributed by atoms with Crippen molar-refractivity contribution in [3.05, 3.63) is 89.6 Å². The van der Waals surface area contributed by atoms with Crippen molar-refractivity contribution in [1.82, 2.24) is 55.2 Å². The summed E-state index contributed by atoms with van der Waals surface area (Å²) in [5, 5.41) is 28.6. The van der Waals surface area contributed by atoms with Crippen LogP contribution in [0.1, 0.15) is 130 Å². The highest BCUT2D eigenvalue weighted by atomic mass is 32.2. The van der Waals surface area contributed by atoms with E-state index >= 15 is 0 Å². The lowest BCUT2D eigenvalue weighted by molar-refractivity contribution is -0.169. The summed E-state index contributed by atoms with van der Waals surface area (Å²) in [4.78, 5) is 2.25. The van der Waals surface area contributed by atoms with Crippen molar-refractivity contribution >= 4 is 15.4 Å². The predicted molar refractivity (Wildman–Crippen MR) is 334 cm³/mol. The van der Waals surface area contributed by atoms with Crippen LogP contribution < -0.4 is 5.32 Å². The van der Waals surface area contributed by atoms with E-state index in [0.29, 0.717) is 114 Å². The zero-order valence-corrected chi connectivity index (χ0v) is 53.7. The molecule has 0 amide bonds. The van der Waals surface area contributed by atoms with E-state index in [0.717, 1.165) is 113 Å². The third-order valence-corrected chi connectivity index (χ3v) is 15.4. The minimum atomic E-state index is -1.85. The van der Waals surface area contributed by atoms with E-state index < -0.39 is 9.52 Å². The van der Waals surface area contributed by atoms with Gasteiger partial charge in [-0.2, -0.15) is 0 Å². The van der Waals surface area contributed by atoms with Gasteiger partial charge in [0.25, 0.3) is 0 Å². The van der Waals surface area contributed by atoms with E-state index in [4.69, 9.17) is 37.9 Å². The lowest BCUT2D eigenvalue weighted by Gasteiger charge is -2.27. The molecular formula is C63H105N11O9S. The second-order valence-corrected chi connectivity index (χ2v) is 28.2. The van der Waals surface area contributed by atoms with Gasteiger partial charge in [0, 0.05) is 75.8 Å². The van der Waals surface area contributed by atoms with Gasteiger partial charge >= 0.3 is 0 Å². The zero-order chi connectivity index (χ0) is 60.5. The van der Waals surface area contributed by atoms with E-state index in [1.165, 1.54) is 24.0 Å². The topological polar surface area (TPSA) is 198 Å². The fourth-order valence-electron chi connectivity index (χ4n) is 8.65. The Hall–Kier alpha value is -4.52. The van der Waals surface area contributed by atoms with Gasteiger partial charge in [0.05, 0.1) is 110 Å². The summed E-state index contributed by atoms with van der Waals surface area (Å²) in [6, 6.07) is 16.7. The molecular weight excluding hydrogens is 1090 g/mol. The van der Waals surface area contributed by atoms with Gasteiger partial charge < -0.3 is 43.2 Å². The lowest BCUT2D eigenvalue weighted by Crippen LogP contribution is -2.39. The fourth-order valence-corrected chi connectivity index (χ4v) is 10.0. The number of hydrogen-bond acceptors (Lipinski definition) is 17. The standard InChI is InChI=1S/C22H35N3O3.C21H40N4O4S.C20H30N4O2/c1-19-6-8-20(9-7-19)21-18-25(24-23-21)11-13-27-15-17-28-16-14-26-12-5-10-22(2,3)4;1-21(2,3)6-5-10-27-12-14-29-15-13-28-11-7-25-19-20(22-23-25)18-24-8-16-30(4,26)17-9-24;1-20(2,3)15-21-12-16-7-9-18(10-8-16)24-13-17(22-23-24)14-26-19-6-4-5-11-25-19/h6-9,18H,5,10-17H2,1-4H3;19H,4-18H2,1-3H3;7-10,13,19,21H,4-6,11-12,14-15H2,1-3H3. The number of nitrogens with zero attached hydrogens (tertiary/aromatic N) is 10. The van der Waals surface area contributed by atoms with E-state index in [9.17, 15) is 4.21 Å². The largest absolute Gasteiger partial charge is 0.379 e. The van der Waals surface area contributed by atoms with Crippen molar-refractivity contribution in [2.24, 2.45) is 16.2 Å². The van der Waals surface area contributed by atoms with Gasteiger partial charge in [0.1, 0.15) is 11.4 Å². The first-order chi connectivity index (χ1) is 40.2. The Bertz CT molecular complexity index is 2590. The van der Waals surface area contributed by atoms with Gasteiger partial charge in [-0.15, -0.1) is 15.3 Å². The number of rotatable bonds is 34. The van der Waals surface area contributed by atoms with Crippen LogP contribution in [0.3, 0.4) is 0 Å². The quantitative estimate of drug-likeness (QED) is 0.0302. The lowest BCUT2D eigenvalue weighted by atomic mass is 9.91. The Morgan fingerprint density at radius 2 is 1.15 bits per heavy atom. The molecule has 3 aromatic heterocycles. The van der Waals surface area contributed by atoms with Crippen molar-refractivity contribution < 1.29 is 42.1 Å². The van der Waals surface area contributed by atoms with Crippen molar-refractivity contribution in [3.8, 4) is 16.9 Å². The molecule has 0 aliphatic carbocycles. The molecule has 20 nitrogen and oxygen atoms in total. The molecule has 2 aliphatic rings. The third kappa shape index (κ3) is 32.3. The highest BCUT2D eigenvalue weighted by molar-refractivity contribution is 8.00. The molecule has 2 fully saturated rings. The van der Waals surface area contributed by atoms with Gasteiger partial charge in [0.2, 0.25) is 0 Å². The van der Waals surface area contributed by atoms with E-state index in [-0.39, 0.29) is 6.29 Å². The van der Waals surface area contributed by atoms with Crippen LogP contribution in [0.2, 0.25) is 0 Å². The molecule has 2 aromatic carbocycles. The van der Waals surface area contributed by atoms with Crippen molar-refractivity contribution in [2.75, 3.05) is 117 Å². The van der Waals surface area contributed by atoms with Crippen molar-refractivity contribution in [2.45, 2.75) is 153 Å². The fraction of sp³-hybridized carbons (Fsp3) is 0.698. The Labute approximate surface area is 503 Å². The Morgan fingerprint density at radius 1 is 0.619 bits per heavy atom. The van der Waals surface area contributed by atoms with Crippen molar-refractivity contribution in [3.63, 3.8) is 0 Å². The number of hydrogen-bond donors (Lipinski definition) is 1. The molecule has 0 spiro atoms. The second-order valence-electron chi connectivity index (χ2n) is 25.5. The first kappa shape index (κ1) is 70.2. The second kappa shape index (κ2) is 37.9. The van der Waals surface area contributed by atoms with Crippen LogP contribution in [0.25, 0.3) is 16.9 Å². The SMILES string of the molecule is C=S1(=O)CCN(Cc2cn(CCOCCOCCOCCCC(C)(C)C)nn2)CC1.CC(C)(C)CNCc1ccc(-n2cc(COC3CCCCO3)nn2)cc1.Cc1ccc(-c2cn(CCOCCOCCOCCCC(C)(C)C)nn2)cc1. The monoisotopic (exact) mass is 1190 g/mol. The number of nitrogens with one attached hydrogen (secondary N) is 1. The van der Waals surface area contributed by atoms with Crippen LogP contribution in [-0.2, 0) is 80.2 Å². The average molecular weight is 1190 g/mol. The van der Waals surface area contributed by atoms with Crippen LogP contribution in [0, 0.1) is 23.2 Å². The summed E-state index contributed by atoms with van der Waals surface area (Å²) in [6.45, 7) is 36.6. The smallest absolute Gasteiger partial charge is 0.158 e. The minimum Gasteiger partial charge on any atom is -0.379 e. The first-order valence-electron chi connectivity index (χ1n) is 30.5. The van der Waals surface area contributed by atoms with Gasteiger partial charge in [0.15, 0.2) is 6.29 Å². The summed E-state index contributed by atoms with van der Waals surface area (Å²) in [5.41, 5.74) is 8.24. The average Bonchev–Trinajstić information content (AvgIpc) is 4.45. The number of benzene rings is 2. The zero-order valence-electron chi connectivity index (χ0n) is 52.9. The predicted octanol–water partition coefficient (Wildman–Crippen LogP) is 9.26. The normalized spacial score (nSPS) is 15.8. The van der Waals surface area contributed by atoms with Gasteiger partial charge in [-0.3, -0.25) is 9.11 Å². The van der Waals surface area contributed by atoms with Crippen LogP contribution in [-0.4, -0.2) is 183 Å². The minimum absolute atomic E-state index is 0.103. The number of aryl methyl sites for hydroxylation is 1. The molecule has 0 radical (unpaired) electrons. The maximum atomic E-state index is 11.9. The van der Waals surface area contributed by atoms with Crippen LogP contribution in [0.5, 0.6) is 0 Å². The summed E-state index contributed by atoms with van der Waals surface area (Å²) < 4.78 is 62.0. The molecule has 472 valence electrons. The molecule has 2 aliphatic heterocycles. The molecule has 0 saturated carbocycles. The Balaban J connectivity index is 0.000000231. The molecule has 21 heteroatoms. The maximum absolute atomic E-state index is 11.9. The molecule has 7 rings (SSSR count). The van der Waals surface area contributed by atoms with Gasteiger partial charge in [-0.05, 0) is 101 Å². The van der Waals surface area contributed by atoms with Crippen LogP contribution in [0.4, 0.5) is 0 Å². The van der Waals surface area contributed by atoms with Crippen LogP contribution >= 0.6 is 0 Å². The molecule has 1 unspecified atom stereocenters. The molecule has 2 saturated heterocycles. The highest BCUT2D eigenvalue weighted by Crippen LogP contribution is 2.22. The number of ether oxygens (including phenoxy) is 8. The summed E-state index contributed by atoms with van der Waals surface area (Å²) >= 11 is 0. The highest BCUT2D eigenvalue weighted by Gasteiger charge is 2.19. The molecule has 0 bridgehead atoms. The molecule has 84 heavy (non-hydrogen) atoms. The molecule has 1 N–H and O–H groups in total. The third-order valence-electron chi connectivity index (χ3n) is 13.5. The molecule has 5 aromatic rings. The van der Waals surface area contributed by atoms with Gasteiger partial charge in [-0.1, -0.05) is 120 Å². The van der Waals surface area contributed by atoms with Crippen molar-refractivity contribution in [1.29, 1.82) is 0 Å². The summed E-state index contributed by atoms with van der Waals surface area (Å²) in [6.07, 6.45) is 13.5. The van der Waals surface area contributed by atoms with Gasteiger partial charge in [-0.25, -0.2) is 14.0 Å². The first-order valence-corrected chi connectivity index (χ1v) is 32.6. The maximum Gasteiger partial charge on any atom is 0.158 e. The van der Waals surface area contributed by atoms with E-state index in [1.54, 1.807) is 9.36 Å². The number of aromatic nitrogens is 9. The Morgan fingerprint density at radius 3 is 1.70 bits per heavy atom. The summed E-state index contributed by atoms with van der Waals surface area (Å²) in [7, 11) is -1.85. The van der Waals surface area contributed by atoms with E-state index in [2.05, 4.69) is 165 Å². The molecule has 5 heterocycles.